The van der Waals surface area contributed by atoms with Crippen LogP contribution in [-0.2, 0) is 28.5 Å². The van der Waals surface area contributed by atoms with Crippen LogP contribution in [0.2, 0.25) is 0 Å². The van der Waals surface area contributed by atoms with E-state index >= 15 is 0 Å². The molecule has 0 spiro atoms. The number of epoxide rings is 1. The molecule has 5 rings (SSSR count). The summed E-state index contributed by atoms with van der Waals surface area (Å²) in [6.45, 7) is -1.08. The lowest BCUT2D eigenvalue weighted by atomic mass is 9.85. The molecule has 0 amide bonds. The summed E-state index contributed by atoms with van der Waals surface area (Å²) in [5, 5.41) is 69.0. The molecule has 4 aliphatic rings. The highest BCUT2D eigenvalue weighted by molar-refractivity contribution is 5.87. The van der Waals surface area contributed by atoms with Gasteiger partial charge in [-0.15, -0.1) is 0 Å². The molecule has 202 valence electrons. The van der Waals surface area contributed by atoms with Crippen molar-refractivity contribution in [2.75, 3.05) is 13.2 Å². The summed E-state index contributed by atoms with van der Waals surface area (Å²) in [4.78, 5) is 12.6. The molecule has 11 atom stereocenters. The number of aliphatic hydroxyl groups is 5. The molecule has 13 nitrogen and oxygen atoms in total. The highest BCUT2D eigenvalue weighted by Gasteiger charge is 2.77. The fourth-order valence-corrected chi connectivity index (χ4v) is 5.27. The van der Waals surface area contributed by atoms with Crippen LogP contribution in [-0.4, -0.2) is 110 Å². The van der Waals surface area contributed by atoms with Crippen molar-refractivity contribution < 1.29 is 64.2 Å². The fraction of sp³-hybridized carbons (Fsp3) is 0.542. The van der Waals surface area contributed by atoms with Crippen molar-refractivity contribution in [1.29, 1.82) is 0 Å². The Morgan fingerprint density at radius 1 is 1.05 bits per heavy atom. The second-order valence-electron chi connectivity index (χ2n) is 9.40. The monoisotopic (exact) mass is 524 g/mol. The van der Waals surface area contributed by atoms with E-state index in [-0.39, 0.29) is 11.5 Å². The molecule has 0 aromatic heterocycles. The Morgan fingerprint density at radius 2 is 1.84 bits per heavy atom. The molecule has 37 heavy (non-hydrogen) atoms. The third kappa shape index (κ3) is 4.47. The quantitative estimate of drug-likeness (QED) is 0.0900. The molecule has 3 fully saturated rings. The van der Waals surface area contributed by atoms with Crippen molar-refractivity contribution in [2.45, 2.75) is 54.8 Å². The first-order chi connectivity index (χ1) is 17.7. The number of phenolic OH excluding ortho intramolecular Hbond substituents is 2. The third-order valence-corrected chi connectivity index (χ3v) is 7.26. The molecule has 0 radical (unpaired) electrons. The van der Waals surface area contributed by atoms with Crippen molar-refractivity contribution in [3.63, 3.8) is 0 Å². The highest BCUT2D eigenvalue weighted by Crippen LogP contribution is 2.60. The molecule has 1 aliphatic carbocycles. The molecule has 1 saturated carbocycles. The number of aliphatic hydroxyl groups excluding tert-OH is 5. The van der Waals surface area contributed by atoms with E-state index in [0.29, 0.717) is 5.56 Å². The molecular formula is C24H28O13. The van der Waals surface area contributed by atoms with Gasteiger partial charge in [-0.3, -0.25) is 0 Å². The summed E-state index contributed by atoms with van der Waals surface area (Å²) in [7, 11) is 0. The third-order valence-electron chi connectivity index (χ3n) is 7.26. The first-order valence-corrected chi connectivity index (χ1v) is 11.7. The smallest absolute Gasteiger partial charge is 0.331 e. The van der Waals surface area contributed by atoms with Gasteiger partial charge in [0, 0.05) is 12.0 Å². The molecule has 3 aliphatic heterocycles. The van der Waals surface area contributed by atoms with E-state index in [0.717, 1.165) is 6.08 Å². The molecule has 0 unspecified atom stereocenters. The summed E-state index contributed by atoms with van der Waals surface area (Å²) in [6.07, 6.45) is -4.68. The average Bonchev–Trinajstić information content (AvgIpc) is 3.57. The van der Waals surface area contributed by atoms with Crippen LogP contribution in [0.3, 0.4) is 0 Å². The number of phenols is 2. The predicted molar refractivity (Wildman–Crippen MR) is 119 cm³/mol. The number of ether oxygens (including phenoxy) is 5. The minimum absolute atomic E-state index is 0.297. The van der Waals surface area contributed by atoms with Gasteiger partial charge in [-0.05, 0) is 29.8 Å². The molecule has 7 N–H and O–H groups in total. The van der Waals surface area contributed by atoms with Gasteiger partial charge < -0.3 is 59.4 Å². The second-order valence-corrected chi connectivity index (χ2v) is 9.40. The van der Waals surface area contributed by atoms with E-state index in [2.05, 4.69) is 0 Å². The number of hydrogen-bond donors (Lipinski definition) is 7. The molecule has 1 aromatic rings. The summed E-state index contributed by atoms with van der Waals surface area (Å²) in [5.41, 5.74) is -0.714. The van der Waals surface area contributed by atoms with Gasteiger partial charge >= 0.3 is 5.97 Å². The molecular weight excluding hydrogens is 496 g/mol. The van der Waals surface area contributed by atoms with Crippen molar-refractivity contribution in [3.05, 3.63) is 42.2 Å². The Bertz CT molecular complexity index is 1070. The van der Waals surface area contributed by atoms with Crippen LogP contribution in [0.15, 0.2) is 36.6 Å². The van der Waals surface area contributed by atoms with Crippen molar-refractivity contribution in [3.8, 4) is 11.5 Å². The highest BCUT2D eigenvalue weighted by atomic mass is 16.8. The minimum Gasteiger partial charge on any atom is -0.504 e. The van der Waals surface area contributed by atoms with Gasteiger partial charge in [0.2, 0.25) is 6.29 Å². The summed E-state index contributed by atoms with van der Waals surface area (Å²) in [5.74, 6) is -2.56. The predicted octanol–water partition coefficient (Wildman–Crippen LogP) is -1.91. The van der Waals surface area contributed by atoms with E-state index in [1.54, 1.807) is 6.08 Å². The lowest BCUT2D eigenvalue weighted by Gasteiger charge is -2.43. The Balaban J connectivity index is 1.30. The van der Waals surface area contributed by atoms with E-state index < -0.39 is 85.8 Å². The number of aromatic hydroxyl groups is 2. The van der Waals surface area contributed by atoms with Crippen LogP contribution in [0.5, 0.6) is 11.5 Å². The maximum atomic E-state index is 12.6. The normalized spacial score (nSPS) is 42.2. The van der Waals surface area contributed by atoms with Gasteiger partial charge in [0.1, 0.15) is 42.2 Å². The summed E-state index contributed by atoms with van der Waals surface area (Å²) in [6, 6.07) is 4.04. The lowest BCUT2D eigenvalue weighted by molar-refractivity contribution is -0.344. The Morgan fingerprint density at radius 3 is 2.54 bits per heavy atom. The van der Waals surface area contributed by atoms with Crippen LogP contribution in [0.4, 0.5) is 0 Å². The molecule has 1 aromatic carbocycles. The fourth-order valence-electron chi connectivity index (χ4n) is 5.27. The Kier molecular flexibility index (Phi) is 6.89. The van der Waals surface area contributed by atoms with E-state index in [9.17, 15) is 40.5 Å². The van der Waals surface area contributed by atoms with E-state index in [1.807, 2.05) is 0 Å². The van der Waals surface area contributed by atoms with E-state index in [4.69, 9.17) is 23.7 Å². The number of benzene rings is 1. The maximum absolute atomic E-state index is 12.6. The molecule has 13 heteroatoms. The molecule has 2 saturated heterocycles. The van der Waals surface area contributed by atoms with Gasteiger partial charge in [-0.2, -0.15) is 0 Å². The maximum Gasteiger partial charge on any atom is 0.331 e. The Hall–Kier alpha value is -2.75. The van der Waals surface area contributed by atoms with Gasteiger partial charge in [0.15, 0.2) is 17.8 Å². The first-order valence-electron chi connectivity index (χ1n) is 11.7. The number of fused-ring (bicyclic) bond motifs is 3. The average molecular weight is 524 g/mol. The first kappa shape index (κ1) is 25.9. The Labute approximate surface area is 210 Å². The van der Waals surface area contributed by atoms with Crippen molar-refractivity contribution in [2.24, 2.45) is 11.8 Å². The number of hydrogen-bond acceptors (Lipinski definition) is 13. The second kappa shape index (κ2) is 9.85. The lowest BCUT2D eigenvalue weighted by Crippen LogP contribution is -2.60. The summed E-state index contributed by atoms with van der Waals surface area (Å²) >= 11 is 0. The van der Waals surface area contributed by atoms with Crippen LogP contribution < -0.4 is 0 Å². The number of carbonyl (C=O) groups is 1. The van der Waals surface area contributed by atoms with Crippen LogP contribution in [0, 0.1) is 11.8 Å². The zero-order chi connectivity index (χ0) is 26.5. The van der Waals surface area contributed by atoms with E-state index in [1.165, 1.54) is 30.5 Å². The van der Waals surface area contributed by atoms with Crippen molar-refractivity contribution >= 4 is 12.0 Å². The topological polar surface area (TPSA) is 208 Å². The van der Waals surface area contributed by atoms with Crippen molar-refractivity contribution in [1.82, 2.24) is 0 Å². The SMILES string of the molecule is O=C(/C=C/c1ccc(O)c(O)c1)O[C@@H]1[C@H]2C=CO[C@H](O[C@@H]3O[C@H](CO)[C@@H](O)[C@H](O)[C@H]3O)[C@H]2[C@]2(CO)O[C@H]12. The zero-order valence-electron chi connectivity index (χ0n) is 19.3. The number of esters is 1. The number of rotatable bonds is 7. The standard InChI is InChI=1S/C24H28O13/c25-8-14-17(30)18(31)19(32)23(34-14)36-22-16-11(5-6-33-22)20(21-24(16,9-26)37-21)35-15(29)4-2-10-1-3-12(27)13(28)7-10/h1-7,11,14,16-23,25-28,30-32H,8-9H2/b4-2+/t11-,14+,16-,17+,18-,19+,20+,21+,22+,23-,24-/m0/s1. The largest absolute Gasteiger partial charge is 0.504 e. The molecule has 3 heterocycles. The number of carbonyl (C=O) groups excluding carboxylic acids is 1. The van der Waals surface area contributed by atoms with Gasteiger partial charge in [0.25, 0.3) is 0 Å². The van der Waals surface area contributed by atoms with Crippen LogP contribution in [0.25, 0.3) is 6.08 Å². The minimum atomic E-state index is -1.66. The van der Waals surface area contributed by atoms with Crippen LogP contribution in [0.1, 0.15) is 5.56 Å². The summed E-state index contributed by atoms with van der Waals surface area (Å²) < 4.78 is 28.2. The van der Waals surface area contributed by atoms with Crippen LogP contribution >= 0.6 is 0 Å². The van der Waals surface area contributed by atoms with Gasteiger partial charge in [0.05, 0.1) is 25.4 Å². The van der Waals surface area contributed by atoms with Gasteiger partial charge in [-0.25, -0.2) is 4.79 Å². The zero-order valence-corrected chi connectivity index (χ0v) is 19.3. The molecule has 0 bridgehead atoms. The van der Waals surface area contributed by atoms with Gasteiger partial charge in [-0.1, -0.05) is 6.07 Å².